The lowest BCUT2D eigenvalue weighted by molar-refractivity contribution is 0.0974. The van der Waals surface area contributed by atoms with E-state index in [1.165, 1.54) is 5.56 Å². The lowest BCUT2D eigenvalue weighted by Gasteiger charge is -2.09. The molecule has 0 atom stereocenters. The van der Waals surface area contributed by atoms with Crippen molar-refractivity contribution < 1.29 is 4.79 Å². The third-order valence-corrected chi connectivity index (χ3v) is 3.71. The summed E-state index contributed by atoms with van der Waals surface area (Å²) in [7, 11) is 0. The standard InChI is InChI=1S/C13H12BrNO/c1-7-5-8(14)6-9-12-10(15-13(7)9)3-2-4-11(12)16/h5-6,15H,2-4H2,1H3. The molecule has 1 aromatic heterocycles. The lowest BCUT2D eigenvalue weighted by atomic mass is 9.94. The molecule has 3 rings (SSSR count). The smallest absolute Gasteiger partial charge is 0.165 e. The minimum Gasteiger partial charge on any atom is -0.358 e. The van der Waals surface area contributed by atoms with Crippen LogP contribution >= 0.6 is 15.9 Å². The number of benzene rings is 1. The Morgan fingerprint density at radius 1 is 1.31 bits per heavy atom. The van der Waals surface area contributed by atoms with Gasteiger partial charge < -0.3 is 4.98 Å². The molecule has 1 aliphatic rings. The molecule has 2 aromatic rings. The van der Waals surface area contributed by atoms with Gasteiger partial charge in [0.05, 0.1) is 0 Å². The molecule has 0 saturated heterocycles. The maximum absolute atomic E-state index is 11.9. The van der Waals surface area contributed by atoms with Crippen molar-refractivity contribution in [2.75, 3.05) is 0 Å². The van der Waals surface area contributed by atoms with Crippen molar-refractivity contribution in [3.8, 4) is 0 Å². The number of halogens is 1. The number of hydrogen-bond acceptors (Lipinski definition) is 1. The van der Waals surface area contributed by atoms with Crippen LogP contribution in [0, 0.1) is 6.92 Å². The molecule has 16 heavy (non-hydrogen) atoms. The van der Waals surface area contributed by atoms with E-state index in [2.05, 4.69) is 33.9 Å². The van der Waals surface area contributed by atoms with E-state index in [9.17, 15) is 4.79 Å². The van der Waals surface area contributed by atoms with Crippen molar-refractivity contribution in [2.45, 2.75) is 26.2 Å². The number of rotatable bonds is 0. The van der Waals surface area contributed by atoms with Crippen molar-refractivity contribution in [1.82, 2.24) is 4.98 Å². The number of aromatic nitrogens is 1. The van der Waals surface area contributed by atoms with Gasteiger partial charge in [-0.15, -0.1) is 0 Å². The van der Waals surface area contributed by atoms with E-state index >= 15 is 0 Å². The average molecular weight is 278 g/mol. The summed E-state index contributed by atoms with van der Waals surface area (Å²) in [5, 5.41) is 1.08. The second-order valence-electron chi connectivity index (χ2n) is 4.40. The summed E-state index contributed by atoms with van der Waals surface area (Å²) in [6, 6.07) is 4.12. The fourth-order valence-corrected chi connectivity index (χ4v) is 3.11. The van der Waals surface area contributed by atoms with Crippen molar-refractivity contribution in [1.29, 1.82) is 0 Å². The fourth-order valence-electron chi connectivity index (χ4n) is 2.54. The number of H-pyrrole nitrogens is 1. The maximum atomic E-state index is 11.9. The zero-order valence-corrected chi connectivity index (χ0v) is 10.6. The first-order valence-electron chi connectivity index (χ1n) is 5.50. The number of aryl methyl sites for hydroxylation is 2. The van der Waals surface area contributed by atoms with Crippen molar-refractivity contribution in [3.63, 3.8) is 0 Å². The number of fused-ring (bicyclic) bond motifs is 3. The highest BCUT2D eigenvalue weighted by atomic mass is 79.9. The van der Waals surface area contributed by atoms with E-state index < -0.39 is 0 Å². The van der Waals surface area contributed by atoms with Gasteiger partial charge in [-0.25, -0.2) is 0 Å². The van der Waals surface area contributed by atoms with Gasteiger partial charge in [0.1, 0.15) is 0 Å². The van der Waals surface area contributed by atoms with Crippen LogP contribution in [0.1, 0.15) is 34.5 Å². The summed E-state index contributed by atoms with van der Waals surface area (Å²) in [6.07, 6.45) is 2.65. The molecule has 0 fully saturated rings. The Bertz CT molecular complexity index is 597. The number of aromatic amines is 1. The second-order valence-corrected chi connectivity index (χ2v) is 5.32. The molecular formula is C13H12BrNO. The molecule has 1 heterocycles. The van der Waals surface area contributed by atoms with Gasteiger partial charge in [0.25, 0.3) is 0 Å². The number of ketones is 1. The van der Waals surface area contributed by atoms with Gasteiger partial charge in [0.15, 0.2) is 5.78 Å². The average Bonchev–Trinajstić information content (AvgIpc) is 2.58. The molecule has 0 aliphatic heterocycles. The molecule has 82 valence electrons. The van der Waals surface area contributed by atoms with E-state index in [4.69, 9.17) is 0 Å². The largest absolute Gasteiger partial charge is 0.358 e. The van der Waals surface area contributed by atoms with Gasteiger partial charge >= 0.3 is 0 Å². The van der Waals surface area contributed by atoms with Gasteiger partial charge in [0.2, 0.25) is 0 Å². The van der Waals surface area contributed by atoms with Crippen LogP contribution in [0.2, 0.25) is 0 Å². The highest BCUT2D eigenvalue weighted by molar-refractivity contribution is 9.10. The van der Waals surface area contributed by atoms with E-state index in [1.807, 2.05) is 6.07 Å². The summed E-state index contributed by atoms with van der Waals surface area (Å²) in [5.41, 5.74) is 4.34. The molecule has 1 aliphatic carbocycles. The molecule has 0 unspecified atom stereocenters. The van der Waals surface area contributed by atoms with Crippen LogP contribution in [-0.2, 0) is 6.42 Å². The first kappa shape index (κ1) is 10.1. The predicted octanol–water partition coefficient (Wildman–Crippen LogP) is 3.76. The molecule has 1 aromatic carbocycles. The first-order valence-corrected chi connectivity index (χ1v) is 6.30. The molecule has 0 radical (unpaired) electrons. The lowest BCUT2D eigenvalue weighted by Crippen LogP contribution is -2.08. The van der Waals surface area contributed by atoms with Crippen molar-refractivity contribution in [3.05, 3.63) is 33.4 Å². The highest BCUT2D eigenvalue weighted by Gasteiger charge is 2.22. The second kappa shape index (κ2) is 3.45. The third-order valence-electron chi connectivity index (χ3n) is 3.26. The molecule has 0 bridgehead atoms. The van der Waals surface area contributed by atoms with Gasteiger partial charge in [0, 0.05) is 33.1 Å². The molecule has 0 spiro atoms. The first-order chi connectivity index (χ1) is 7.66. The zero-order valence-electron chi connectivity index (χ0n) is 9.06. The van der Waals surface area contributed by atoms with Gasteiger partial charge in [-0.05, 0) is 37.5 Å². The Morgan fingerprint density at radius 2 is 2.12 bits per heavy atom. The Hall–Kier alpha value is -1.09. The molecule has 1 N–H and O–H groups in total. The van der Waals surface area contributed by atoms with Crippen LogP contribution < -0.4 is 0 Å². The summed E-state index contributed by atoms with van der Waals surface area (Å²) in [5.74, 6) is 0.282. The van der Waals surface area contributed by atoms with E-state index in [0.29, 0.717) is 6.42 Å². The summed E-state index contributed by atoms with van der Waals surface area (Å²) >= 11 is 3.49. The normalized spacial score (nSPS) is 15.5. The van der Waals surface area contributed by atoms with E-state index in [1.54, 1.807) is 0 Å². The van der Waals surface area contributed by atoms with Gasteiger partial charge in [-0.3, -0.25) is 4.79 Å². The number of carbonyl (C=O) groups is 1. The molecular weight excluding hydrogens is 266 g/mol. The van der Waals surface area contributed by atoms with Crippen LogP contribution in [0.25, 0.3) is 10.9 Å². The maximum Gasteiger partial charge on any atom is 0.165 e. The van der Waals surface area contributed by atoms with Crippen molar-refractivity contribution in [2.24, 2.45) is 0 Å². The van der Waals surface area contributed by atoms with Crippen LogP contribution in [0.4, 0.5) is 0 Å². The van der Waals surface area contributed by atoms with Crippen LogP contribution in [-0.4, -0.2) is 10.8 Å². The number of carbonyl (C=O) groups excluding carboxylic acids is 1. The zero-order chi connectivity index (χ0) is 11.3. The van der Waals surface area contributed by atoms with Gasteiger partial charge in [-0.1, -0.05) is 15.9 Å². The number of hydrogen-bond donors (Lipinski definition) is 1. The number of nitrogens with one attached hydrogen (secondary N) is 1. The third kappa shape index (κ3) is 1.34. The summed E-state index contributed by atoms with van der Waals surface area (Å²) in [4.78, 5) is 15.3. The van der Waals surface area contributed by atoms with Crippen molar-refractivity contribution >= 4 is 32.6 Å². The minimum absolute atomic E-state index is 0.282. The Labute approximate surface area is 102 Å². The molecule has 0 saturated carbocycles. The highest BCUT2D eigenvalue weighted by Crippen LogP contribution is 2.32. The number of Topliss-reactive ketones (excluding diaryl/α,β-unsaturated/α-hetero) is 1. The Balaban J connectivity index is 2.42. The fraction of sp³-hybridized carbons (Fsp3) is 0.308. The van der Waals surface area contributed by atoms with Crippen LogP contribution in [0.15, 0.2) is 16.6 Å². The topological polar surface area (TPSA) is 32.9 Å². The quantitative estimate of drug-likeness (QED) is 0.782. The SMILES string of the molecule is Cc1cc(Br)cc2c3c([nH]c12)CCCC3=O. The monoisotopic (exact) mass is 277 g/mol. The summed E-state index contributed by atoms with van der Waals surface area (Å²) in [6.45, 7) is 2.07. The van der Waals surface area contributed by atoms with E-state index in [0.717, 1.165) is 39.5 Å². The predicted molar refractivity (Wildman–Crippen MR) is 68.0 cm³/mol. The summed E-state index contributed by atoms with van der Waals surface area (Å²) < 4.78 is 1.04. The Kier molecular flexibility index (Phi) is 2.18. The van der Waals surface area contributed by atoms with E-state index in [-0.39, 0.29) is 5.78 Å². The minimum atomic E-state index is 0.282. The Morgan fingerprint density at radius 3 is 2.94 bits per heavy atom. The molecule has 3 heteroatoms. The van der Waals surface area contributed by atoms with Crippen LogP contribution in [0.5, 0.6) is 0 Å². The van der Waals surface area contributed by atoms with Crippen LogP contribution in [0.3, 0.4) is 0 Å². The van der Waals surface area contributed by atoms with Gasteiger partial charge in [-0.2, -0.15) is 0 Å². The molecule has 2 nitrogen and oxygen atoms in total. The molecule has 0 amide bonds.